The molecular formula is C21H37N7O9. The SMILES string of the molecule is NCCCCC(N)C(=O)NC(CCC(=O)O)C(=O)NC(CCC(N)=O)C(=O)NC(CCC(N)=O)C(=O)O. The summed E-state index contributed by atoms with van der Waals surface area (Å²) in [4.78, 5) is 82.8. The maximum absolute atomic E-state index is 12.9. The summed E-state index contributed by atoms with van der Waals surface area (Å²) in [5, 5.41) is 25.1. The summed E-state index contributed by atoms with van der Waals surface area (Å²) in [5.41, 5.74) is 21.4. The van der Waals surface area contributed by atoms with Crippen molar-refractivity contribution in [1.82, 2.24) is 16.0 Å². The average molecular weight is 532 g/mol. The van der Waals surface area contributed by atoms with Crippen molar-refractivity contribution >= 4 is 41.5 Å². The van der Waals surface area contributed by atoms with Crippen molar-refractivity contribution in [3.05, 3.63) is 0 Å². The largest absolute Gasteiger partial charge is 0.481 e. The lowest BCUT2D eigenvalue weighted by atomic mass is 10.0. The van der Waals surface area contributed by atoms with Gasteiger partial charge in [0.15, 0.2) is 0 Å². The predicted octanol–water partition coefficient (Wildman–Crippen LogP) is -3.62. The van der Waals surface area contributed by atoms with Gasteiger partial charge in [-0.15, -0.1) is 0 Å². The molecule has 0 bridgehead atoms. The minimum atomic E-state index is -1.53. The molecule has 37 heavy (non-hydrogen) atoms. The molecule has 0 aliphatic rings. The van der Waals surface area contributed by atoms with E-state index in [9.17, 15) is 38.7 Å². The van der Waals surface area contributed by atoms with Crippen LogP contribution in [-0.2, 0) is 33.6 Å². The van der Waals surface area contributed by atoms with Gasteiger partial charge in [-0.25, -0.2) is 4.79 Å². The number of amides is 5. The highest BCUT2D eigenvalue weighted by Crippen LogP contribution is 2.06. The van der Waals surface area contributed by atoms with Crippen LogP contribution in [0.1, 0.15) is 57.8 Å². The Labute approximate surface area is 213 Å². The molecular weight excluding hydrogens is 494 g/mol. The molecule has 16 heteroatoms. The molecule has 0 radical (unpaired) electrons. The number of hydrogen-bond donors (Lipinski definition) is 9. The van der Waals surface area contributed by atoms with Crippen LogP contribution in [0.5, 0.6) is 0 Å². The van der Waals surface area contributed by atoms with Gasteiger partial charge in [-0.05, 0) is 38.6 Å². The van der Waals surface area contributed by atoms with Crippen molar-refractivity contribution in [2.75, 3.05) is 6.54 Å². The third kappa shape index (κ3) is 15.0. The van der Waals surface area contributed by atoms with Gasteiger partial charge in [0, 0.05) is 19.3 Å². The zero-order valence-corrected chi connectivity index (χ0v) is 20.4. The van der Waals surface area contributed by atoms with Crippen molar-refractivity contribution in [3.63, 3.8) is 0 Å². The van der Waals surface area contributed by atoms with Gasteiger partial charge in [-0.1, -0.05) is 6.42 Å². The van der Waals surface area contributed by atoms with Gasteiger partial charge in [0.25, 0.3) is 0 Å². The molecule has 0 aromatic rings. The van der Waals surface area contributed by atoms with Crippen LogP contribution < -0.4 is 38.9 Å². The van der Waals surface area contributed by atoms with E-state index in [0.29, 0.717) is 19.4 Å². The topological polar surface area (TPSA) is 300 Å². The van der Waals surface area contributed by atoms with Crippen molar-refractivity contribution in [1.29, 1.82) is 0 Å². The van der Waals surface area contributed by atoms with Crippen molar-refractivity contribution in [2.45, 2.75) is 82.0 Å². The zero-order chi connectivity index (χ0) is 28.5. The number of nitrogens with two attached hydrogens (primary N) is 4. The predicted molar refractivity (Wildman–Crippen MR) is 128 cm³/mol. The summed E-state index contributed by atoms with van der Waals surface area (Å²) in [7, 11) is 0. The number of nitrogens with one attached hydrogen (secondary N) is 3. The number of carboxylic acids is 2. The second-order valence-electron chi connectivity index (χ2n) is 8.36. The van der Waals surface area contributed by atoms with Crippen LogP contribution >= 0.6 is 0 Å². The van der Waals surface area contributed by atoms with E-state index in [4.69, 9.17) is 28.0 Å². The fourth-order valence-electron chi connectivity index (χ4n) is 3.10. The second-order valence-corrected chi connectivity index (χ2v) is 8.36. The van der Waals surface area contributed by atoms with Crippen LogP contribution in [0.2, 0.25) is 0 Å². The van der Waals surface area contributed by atoms with Gasteiger partial charge < -0.3 is 49.1 Å². The summed E-state index contributed by atoms with van der Waals surface area (Å²) >= 11 is 0. The minimum absolute atomic E-state index is 0.266. The van der Waals surface area contributed by atoms with Crippen LogP contribution in [0.3, 0.4) is 0 Å². The Morgan fingerprint density at radius 1 is 0.622 bits per heavy atom. The highest BCUT2D eigenvalue weighted by Gasteiger charge is 2.31. The minimum Gasteiger partial charge on any atom is -0.481 e. The first-order chi connectivity index (χ1) is 17.3. The summed E-state index contributed by atoms with van der Waals surface area (Å²) in [6.45, 7) is 0.401. The quantitative estimate of drug-likeness (QED) is 0.0690. The van der Waals surface area contributed by atoms with Crippen molar-refractivity contribution < 1.29 is 43.8 Å². The Morgan fingerprint density at radius 3 is 1.49 bits per heavy atom. The first-order valence-corrected chi connectivity index (χ1v) is 11.7. The van der Waals surface area contributed by atoms with Gasteiger partial charge in [-0.2, -0.15) is 0 Å². The molecule has 0 saturated heterocycles. The molecule has 0 spiro atoms. The van der Waals surface area contributed by atoms with Gasteiger partial charge in [-0.3, -0.25) is 28.8 Å². The van der Waals surface area contributed by atoms with E-state index in [0.717, 1.165) is 0 Å². The third-order valence-electron chi connectivity index (χ3n) is 5.19. The number of rotatable bonds is 20. The smallest absolute Gasteiger partial charge is 0.326 e. The highest BCUT2D eigenvalue weighted by atomic mass is 16.4. The first-order valence-electron chi connectivity index (χ1n) is 11.7. The monoisotopic (exact) mass is 531 g/mol. The number of aliphatic carboxylic acids is 2. The van der Waals surface area contributed by atoms with E-state index in [1.807, 2.05) is 0 Å². The molecule has 0 aromatic heterocycles. The average Bonchev–Trinajstić information content (AvgIpc) is 2.80. The van der Waals surface area contributed by atoms with E-state index >= 15 is 0 Å². The van der Waals surface area contributed by atoms with E-state index in [2.05, 4.69) is 16.0 Å². The van der Waals surface area contributed by atoms with Crippen LogP contribution in [0.25, 0.3) is 0 Å². The zero-order valence-electron chi connectivity index (χ0n) is 20.4. The Balaban J connectivity index is 5.59. The van der Waals surface area contributed by atoms with Gasteiger partial charge in [0.1, 0.15) is 18.1 Å². The Morgan fingerprint density at radius 2 is 1.05 bits per heavy atom. The standard InChI is InChI=1S/C21H37N7O9/c22-10-2-1-3-11(23)18(33)26-13(6-9-17(31)32)19(34)27-12(4-7-15(24)29)20(35)28-14(21(36)37)5-8-16(25)30/h11-14H,1-10,22-23H2,(H2,24,29)(H2,25,30)(H,26,33)(H,27,34)(H,28,35)(H,31,32)(H,36,37). The maximum Gasteiger partial charge on any atom is 0.326 e. The number of carbonyl (C=O) groups is 7. The molecule has 0 aromatic carbocycles. The van der Waals surface area contributed by atoms with E-state index in [1.54, 1.807) is 0 Å². The van der Waals surface area contributed by atoms with E-state index < -0.39 is 72.1 Å². The lowest BCUT2D eigenvalue weighted by Gasteiger charge is -2.25. The molecule has 0 heterocycles. The number of carbonyl (C=O) groups excluding carboxylic acids is 5. The summed E-state index contributed by atoms with van der Waals surface area (Å²) in [6.07, 6.45) is -0.776. The van der Waals surface area contributed by atoms with E-state index in [1.165, 1.54) is 0 Å². The lowest BCUT2D eigenvalue weighted by Crippen LogP contribution is -2.57. The molecule has 5 amide bonds. The Bertz CT molecular complexity index is 837. The molecule has 4 unspecified atom stereocenters. The maximum atomic E-state index is 12.9. The van der Waals surface area contributed by atoms with Crippen molar-refractivity contribution in [3.8, 4) is 0 Å². The second kappa shape index (κ2) is 17.6. The normalized spacial score (nSPS) is 13.9. The lowest BCUT2D eigenvalue weighted by molar-refractivity contribution is -0.142. The molecule has 0 fully saturated rings. The van der Waals surface area contributed by atoms with E-state index in [-0.39, 0.29) is 38.5 Å². The molecule has 0 aliphatic carbocycles. The van der Waals surface area contributed by atoms with Crippen LogP contribution in [0, 0.1) is 0 Å². The number of unbranched alkanes of at least 4 members (excludes halogenated alkanes) is 1. The third-order valence-corrected chi connectivity index (χ3v) is 5.19. The van der Waals surface area contributed by atoms with Gasteiger partial charge in [0.2, 0.25) is 29.5 Å². The van der Waals surface area contributed by atoms with Crippen LogP contribution in [0.4, 0.5) is 0 Å². The Kier molecular flexibility index (Phi) is 15.8. The van der Waals surface area contributed by atoms with Crippen molar-refractivity contribution in [2.24, 2.45) is 22.9 Å². The fourth-order valence-corrected chi connectivity index (χ4v) is 3.10. The molecule has 0 aliphatic heterocycles. The van der Waals surface area contributed by atoms with Crippen LogP contribution in [-0.4, -0.2) is 82.4 Å². The molecule has 210 valence electrons. The number of primary amides is 2. The molecule has 13 N–H and O–H groups in total. The van der Waals surface area contributed by atoms with Crippen LogP contribution in [0.15, 0.2) is 0 Å². The fraction of sp³-hybridized carbons (Fsp3) is 0.667. The summed E-state index contributed by atoms with van der Waals surface area (Å²) in [5.74, 6) is -7.01. The Hall–Kier alpha value is -3.79. The van der Waals surface area contributed by atoms with Gasteiger partial charge >= 0.3 is 11.9 Å². The molecule has 16 nitrogen and oxygen atoms in total. The van der Waals surface area contributed by atoms with Gasteiger partial charge in [0.05, 0.1) is 6.04 Å². The molecule has 4 atom stereocenters. The molecule has 0 rings (SSSR count). The number of carboxylic acid groups (broad SMARTS) is 2. The highest BCUT2D eigenvalue weighted by molar-refractivity contribution is 5.94. The first kappa shape index (κ1) is 33.2. The summed E-state index contributed by atoms with van der Waals surface area (Å²) in [6, 6.07) is -5.40. The summed E-state index contributed by atoms with van der Waals surface area (Å²) < 4.78 is 0. The number of hydrogen-bond acceptors (Lipinski definition) is 9. The molecule has 0 saturated carbocycles.